The van der Waals surface area contributed by atoms with Crippen LogP contribution in [0.4, 0.5) is 13.2 Å². The molecule has 0 fully saturated rings. The molecule has 7 heteroatoms. The summed E-state index contributed by atoms with van der Waals surface area (Å²) in [7, 11) is 1.44. The van der Waals surface area contributed by atoms with E-state index in [1.165, 1.54) is 13.2 Å². The molecule has 1 atom stereocenters. The third-order valence-electron chi connectivity index (χ3n) is 2.14. The highest BCUT2D eigenvalue weighted by Gasteiger charge is 2.43. The average molecular weight is 256 g/mol. The first-order chi connectivity index (χ1) is 7.38. The van der Waals surface area contributed by atoms with Gasteiger partial charge in [-0.3, -0.25) is 4.68 Å². The van der Waals surface area contributed by atoms with Crippen molar-refractivity contribution in [3.63, 3.8) is 0 Å². The van der Waals surface area contributed by atoms with Crippen LogP contribution in [-0.4, -0.2) is 22.5 Å². The van der Waals surface area contributed by atoms with Crippen LogP contribution in [0.1, 0.15) is 25.1 Å². The normalized spacial score (nSPS) is 14.1. The lowest BCUT2D eigenvalue weighted by molar-refractivity contribution is -0.159. The van der Waals surface area contributed by atoms with Gasteiger partial charge in [-0.05, 0) is 13.0 Å². The van der Waals surface area contributed by atoms with Crippen LogP contribution in [0.5, 0.6) is 0 Å². The van der Waals surface area contributed by atoms with Crippen molar-refractivity contribution in [1.29, 1.82) is 0 Å². The van der Waals surface area contributed by atoms with E-state index in [4.69, 9.17) is 11.6 Å². The Hall–Kier alpha value is -0.750. The number of aryl methyl sites for hydroxylation is 1. The first kappa shape index (κ1) is 13.3. The lowest BCUT2D eigenvalue weighted by atomic mass is 10.2. The zero-order valence-electron chi connectivity index (χ0n) is 8.98. The number of halogens is 4. The molecule has 16 heavy (non-hydrogen) atoms. The lowest BCUT2D eigenvalue weighted by Gasteiger charge is -2.22. The van der Waals surface area contributed by atoms with Gasteiger partial charge in [0.25, 0.3) is 0 Å². The van der Waals surface area contributed by atoms with Crippen molar-refractivity contribution >= 4 is 11.6 Å². The van der Waals surface area contributed by atoms with Crippen molar-refractivity contribution < 1.29 is 13.2 Å². The summed E-state index contributed by atoms with van der Waals surface area (Å²) >= 11 is 5.70. The summed E-state index contributed by atoms with van der Waals surface area (Å²) in [5, 5.41) is 6.15. The zero-order valence-corrected chi connectivity index (χ0v) is 9.73. The summed E-state index contributed by atoms with van der Waals surface area (Å²) in [6.07, 6.45) is -2.56. The minimum atomic E-state index is -4.38. The molecule has 1 rings (SSSR count). The molecular weight excluding hydrogens is 243 g/mol. The van der Waals surface area contributed by atoms with Gasteiger partial charge < -0.3 is 5.32 Å². The Kier molecular flexibility index (Phi) is 4.21. The molecule has 3 nitrogen and oxygen atoms in total. The minimum absolute atomic E-state index is 0.0217. The molecule has 1 N–H and O–H groups in total. The van der Waals surface area contributed by atoms with E-state index in [2.05, 4.69) is 10.4 Å². The topological polar surface area (TPSA) is 29.9 Å². The molecule has 1 aromatic rings. The van der Waals surface area contributed by atoms with Crippen molar-refractivity contribution in [3.8, 4) is 0 Å². The Balaban J connectivity index is 3.01. The number of alkyl halides is 3. The Morgan fingerprint density at radius 2 is 2.19 bits per heavy atom. The van der Waals surface area contributed by atoms with Gasteiger partial charge in [-0.15, -0.1) is 0 Å². The van der Waals surface area contributed by atoms with Crippen LogP contribution < -0.4 is 5.32 Å². The van der Waals surface area contributed by atoms with Gasteiger partial charge in [0, 0.05) is 7.05 Å². The van der Waals surface area contributed by atoms with Crippen LogP contribution in [0.15, 0.2) is 6.20 Å². The van der Waals surface area contributed by atoms with Gasteiger partial charge in [0.15, 0.2) is 0 Å². The van der Waals surface area contributed by atoms with Gasteiger partial charge in [0.1, 0.15) is 6.04 Å². The number of rotatable bonds is 4. The monoisotopic (exact) mass is 255 g/mol. The maximum Gasteiger partial charge on any atom is 0.409 e. The van der Waals surface area contributed by atoms with Gasteiger partial charge in [0.05, 0.1) is 16.9 Å². The lowest BCUT2D eigenvalue weighted by Crippen LogP contribution is -2.36. The molecule has 0 amide bonds. The molecular formula is C9H13ClF3N3. The molecule has 0 radical (unpaired) electrons. The van der Waals surface area contributed by atoms with Crippen LogP contribution in [0.25, 0.3) is 0 Å². The quantitative estimate of drug-likeness (QED) is 0.897. The maximum atomic E-state index is 12.8. The Morgan fingerprint density at radius 1 is 1.56 bits per heavy atom. The number of nitrogens with one attached hydrogen (secondary N) is 1. The maximum absolute atomic E-state index is 12.8. The standard InChI is InChI=1S/C9H13ClF3N3/c1-3-4-14-8(9(11,12)13)7-6(10)5-15-16(7)2/h5,8,14H,3-4H2,1-2H3. The molecule has 0 aromatic carbocycles. The van der Waals surface area contributed by atoms with E-state index in [9.17, 15) is 13.2 Å². The van der Waals surface area contributed by atoms with Crippen molar-refractivity contribution in [2.45, 2.75) is 25.6 Å². The molecule has 0 saturated carbocycles. The highest BCUT2D eigenvalue weighted by Crippen LogP contribution is 2.35. The molecule has 92 valence electrons. The van der Waals surface area contributed by atoms with Gasteiger partial charge in [0.2, 0.25) is 0 Å². The molecule has 0 aliphatic rings. The summed E-state index contributed by atoms with van der Waals surface area (Å²) in [6, 6.07) is -1.77. The molecule has 1 aromatic heterocycles. The third-order valence-corrected chi connectivity index (χ3v) is 2.43. The molecule has 0 saturated heterocycles. The predicted octanol–water partition coefficient (Wildman–Crippen LogP) is 2.68. The van der Waals surface area contributed by atoms with E-state index in [0.29, 0.717) is 6.42 Å². The van der Waals surface area contributed by atoms with E-state index in [0.717, 1.165) is 4.68 Å². The Morgan fingerprint density at radius 3 is 2.56 bits per heavy atom. The van der Waals surface area contributed by atoms with Crippen molar-refractivity contribution in [1.82, 2.24) is 15.1 Å². The second kappa shape index (κ2) is 5.05. The minimum Gasteiger partial charge on any atom is -0.301 e. The summed E-state index contributed by atoms with van der Waals surface area (Å²) in [5.74, 6) is 0. The van der Waals surface area contributed by atoms with Gasteiger partial charge in [-0.1, -0.05) is 18.5 Å². The average Bonchev–Trinajstić information content (AvgIpc) is 2.47. The molecule has 0 aliphatic heterocycles. The Bertz CT molecular complexity index is 329. The van der Waals surface area contributed by atoms with Gasteiger partial charge in [-0.2, -0.15) is 18.3 Å². The van der Waals surface area contributed by atoms with Crippen LogP contribution >= 0.6 is 11.6 Å². The van der Waals surface area contributed by atoms with Crippen molar-refractivity contribution in [2.24, 2.45) is 7.05 Å². The molecule has 0 bridgehead atoms. The number of hydrogen-bond acceptors (Lipinski definition) is 2. The molecule has 0 spiro atoms. The first-order valence-electron chi connectivity index (χ1n) is 4.85. The van der Waals surface area contributed by atoms with Crippen LogP contribution in [-0.2, 0) is 7.05 Å². The van der Waals surface area contributed by atoms with Crippen LogP contribution in [0, 0.1) is 0 Å². The molecule has 0 aliphatic carbocycles. The van der Waals surface area contributed by atoms with Crippen molar-refractivity contribution in [2.75, 3.05) is 6.54 Å². The van der Waals surface area contributed by atoms with Crippen LogP contribution in [0.2, 0.25) is 5.02 Å². The predicted molar refractivity (Wildman–Crippen MR) is 55.3 cm³/mol. The fraction of sp³-hybridized carbons (Fsp3) is 0.667. The highest BCUT2D eigenvalue weighted by molar-refractivity contribution is 6.31. The first-order valence-corrected chi connectivity index (χ1v) is 5.23. The third kappa shape index (κ3) is 2.89. The van der Waals surface area contributed by atoms with Crippen LogP contribution in [0.3, 0.4) is 0 Å². The highest BCUT2D eigenvalue weighted by atomic mass is 35.5. The number of nitrogens with zero attached hydrogens (tertiary/aromatic N) is 2. The smallest absolute Gasteiger partial charge is 0.301 e. The summed E-state index contributed by atoms with van der Waals surface area (Å²) < 4.78 is 39.6. The van der Waals surface area contributed by atoms with E-state index >= 15 is 0 Å². The second-order valence-electron chi connectivity index (χ2n) is 3.43. The second-order valence-corrected chi connectivity index (χ2v) is 3.84. The fourth-order valence-electron chi connectivity index (χ4n) is 1.40. The summed E-state index contributed by atoms with van der Waals surface area (Å²) in [5.41, 5.74) is -0.0531. The van der Waals surface area contributed by atoms with Gasteiger partial charge in [-0.25, -0.2) is 0 Å². The zero-order chi connectivity index (χ0) is 12.3. The van der Waals surface area contributed by atoms with Crippen molar-refractivity contribution in [3.05, 3.63) is 16.9 Å². The van der Waals surface area contributed by atoms with Gasteiger partial charge >= 0.3 is 6.18 Å². The molecule has 1 unspecified atom stereocenters. The summed E-state index contributed by atoms with van der Waals surface area (Å²) in [6.45, 7) is 2.07. The Labute approximate surface area is 96.6 Å². The fourth-order valence-corrected chi connectivity index (χ4v) is 1.68. The molecule has 1 heterocycles. The van der Waals surface area contributed by atoms with E-state index in [1.54, 1.807) is 6.92 Å². The number of aromatic nitrogens is 2. The van der Waals surface area contributed by atoms with E-state index in [1.807, 2.05) is 0 Å². The van der Waals surface area contributed by atoms with E-state index < -0.39 is 12.2 Å². The SMILES string of the molecule is CCCNC(c1c(Cl)cnn1C)C(F)(F)F. The number of hydrogen-bond donors (Lipinski definition) is 1. The van der Waals surface area contributed by atoms with E-state index in [-0.39, 0.29) is 17.3 Å². The largest absolute Gasteiger partial charge is 0.409 e. The summed E-state index contributed by atoms with van der Waals surface area (Å²) in [4.78, 5) is 0.